The van der Waals surface area contributed by atoms with E-state index in [0.29, 0.717) is 34.7 Å². The van der Waals surface area contributed by atoms with Crippen molar-refractivity contribution >= 4 is 40.3 Å². The van der Waals surface area contributed by atoms with Gasteiger partial charge in [-0.1, -0.05) is 36.1 Å². The molecule has 1 fully saturated rings. The van der Waals surface area contributed by atoms with Crippen molar-refractivity contribution < 1.29 is 19.0 Å². The van der Waals surface area contributed by atoms with E-state index in [0.717, 1.165) is 22.6 Å². The van der Waals surface area contributed by atoms with Crippen LogP contribution in [-0.2, 0) is 11.3 Å². The fourth-order valence-electron chi connectivity index (χ4n) is 2.86. The van der Waals surface area contributed by atoms with Crippen molar-refractivity contribution in [3.8, 4) is 17.2 Å². The van der Waals surface area contributed by atoms with E-state index in [1.54, 1.807) is 12.0 Å². The summed E-state index contributed by atoms with van der Waals surface area (Å²) in [5.74, 6) is 2.09. The normalized spacial score (nSPS) is 15.1. The van der Waals surface area contributed by atoms with E-state index in [-0.39, 0.29) is 5.91 Å². The fourth-order valence-corrected chi connectivity index (χ4v) is 4.11. The number of nitrogens with zero attached hydrogens (tertiary/aromatic N) is 1. The van der Waals surface area contributed by atoms with Crippen molar-refractivity contribution in [1.82, 2.24) is 4.90 Å². The summed E-state index contributed by atoms with van der Waals surface area (Å²) in [6, 6.07) is 13.2. The standard InChI is InChI=1S/C22H23NO4S2/c1-4-26-18-11-8-16(19(13-18)27-5-2)12-20-21(24)23(22(28)29-20)14-15-6-9-17(25-3)10-7-15/h6-13H,4-5,14H2,1-3H3. The van der Waals surface area contributed by atoms with Crippen molar-refractivity contribution in [2.24, 2.45) is 0 Å². The van der Waals surface area contributed by atoms with Gasteiger partial charge in [0.1, 0.15) is 21.6 Å². The fraction of sp³-hybridized carbons (Fsp3) is 0.273. The molecular formula is C22H23NO4S2. The number of hydrogen-bond acceptors (Lipinski definition) is 6. The summed E-state index contributed by atoms with van der Waals surface area (Å²) in [5.41, 5.74) is 1.81. The van der Waals surface area contributed by atoms with Crippen LogP contribution in [0.4, 0.5) is 0 Å². The number of carbonyl (C=O) groups excluding carboxylic acids is 1. The highest BCUT2D eigenvalue weighted by atomic mass is 32.2. The number of thiocarbonyl (C=S) groups is 1. The van der Waals surface area contributed by atoms with Gasteiger partial charge in [0.05, 0.1) is 31.8 Å². The third kappa shape index (κ3) is 5.10. The monoisotopic (exact) mass is 429 g/mol. The van der Waals surface area contributed by atoms with Crippen molar-refractivity contribution in [3.63, 3.8) is 0 Å². The number of methoxy groups -OCH3 is 1. The largest absolute Gasteiger partial charge is 0.497 e. The molecule has 7 heteroatoms. The Morgan fingerprint density at radius 1 is 1.03 bits per heavy atom. The zero-order valence-corrected chi connectivity index (χ0v) is 18.3. The van der Waals surface area contributed by atoms with Crippen LogP contribution in [0.2, 0.25) is 0 Å². The van der Waals surface area contributed by atoms with E-state index >= 15 is 0 Å². The number of carbonyl (C=O) groups is 1. The SMILES string of the molecule is CCOc1ccc(C=C2SC(=S)N(Cc3ccc(OC)cc3)C2=O)c(OCC)c1. The van der Waals surface area contributed by atoms with Crippen molar-refractivity contribution in [2.75, 3.05) is 20.3 Å². The number of rotatable bonds is 8. The lowest BCUT2D eigenvalue weighted by atomic mass is 10.1. The van der Waals surface area contributed by atoms with Crippen molar-refractivity contribution in [1.29, 1.82) is 0 Å². The third-order valence-electron chi connectivity index (χ3n) is 4.26. The molecule has 152 valence electrons. The maximum absolute atomic E-state index is 12.9. The van der Waals surface area contributed by atoms with Crippen LogP contribution in [0.5, 0.6) is 17.2 Å². The quantitative estimate of drug-likeness (QED) is 0.440. The maximum Gasteiger partial charge on any atom is 0.266 e. The molecule has 0 aromatic heterocycles. The number of ether oxygens (including phenoxy) is 3. The van der Waals surface area contributed by atoms with E-state index < -0.39 is 0 Å². The topological polar surface area (TPSA) is 48.0 Å². The lowest BCUT2D eigenvalue weighted by Gasteiger charge is -2.14. The second kappa shape index (κ2) is 9.80. The van der Waals surface area contributed by atoms with Crippen LogP contribution < -0.4 is 14.2 Å². The Bertz CT molecular complexity index is 925. The molecule has 29 heavy (non-hydrogen) atoms. The highest BCUT2D eigenvalue weighted by Crippen LogP contribution is 2.36. The molecule has 3 rings (SSSR count). The number of thioether (sulfide) groups is 1. The predicted octanol–water partition coefficient (Wildman–Crippen LogP) is 4.89. The van der Waals surface area contributed by atoms with Crippen molar-refractivity contribution in [3.05, 3.63) is 58.5 Å². The molecule has 1 heterocycles. The summed E-state index contributed by atoms with van der Waals surface area (Å²) in [4.78, 5) is 15.1. The van der Waals surface area contributed by atoms with Crippen molar-refractivity contribution in [2.45, 2.75) is 20.4 Å². The zero-order valence-electron chi connectivity index (χ0n) is 16.6. The van der Waals surface area contributed by atoms with Gasteiger partial charge in [0, 0.05) is 11.6 Å². The summed E-state index contributed by atoms with van der Waals surface area (Å²) in [7, 11) is 1.62. The van der Waals surface area contributed by atoms with Crippen LogP contribution >= 0.6 is 24.0 Å². The molecule has 1 amide bonds. The molecule has 0 radical (unpaired) electrons. The molecule has 0 unspecified atom stereocenters. The lowest BCUT2D eigenvalue weighted by molar-refractivity contribution is -0.122. The maximum atomic E-state index is 12.9. The summed E-state index contributed by atoms with van der Waals surface area (Å²) < 4.78 is 17.0. The molecule has 1 saturated heterocycles. The van der Waals surface area contributed by atoms with E-state index in [9.17, 15) is 4.79 Å². The van der Waals surface area contributed by atoms with Gasteiger partial charge in [0.2, 0.25) is 0 Å². The Morgan fingerprint density at radius 2 is 1.72 bits per heavy atom. The first-order valence-electron chi connectivity index (χ1n) is 9.33. The van der Waals surface area contributed by atoms with E-state index in [1.807, 2.05) is 62.4 Å². The molecule has 0 saturated carbocycles. The zero-order chi connectivity index (χ0) is 20.8. The molecule has 0 spiro atoms. The first-order valence-corrected chi connectivity index (χ1v) is 10.6. The van der Waals surface area contributed by atoms with Crippen LogP contribution in [-0.4, -0.2) is 35.5 Å². The molecule has 5 nitrogen and oxygen atoms in total. The molecular weight excluding hydrogens is 406 g/mol. The first-order chi connectivity index (χ1) is 14.0. The summed E-state index contributed by atoms with van der Waals surface area (Å²) in [6.07, 6.45) is 1.83. The number of hydrogen-bond donors (Lipinski definition) is 0. The molecule has 1 aliphatic rings. The van der Waals surface area contributed by atoms with Gasteiger partial charge in [0.25, 0.3) is 5.91 Å². The van der Waals surface area contributed by atoms with Gasteiger partial charge in [-0.3, -0.25) is 9.69 Å². The van der Waals surface area contributed by atoms with Crippen LogP contribution in [0.3, 0.4) is 0 Å². The minimum atomic E-state index is -0.104. The van der Waals surface area contributed by atoms with Gasteiger partial charge in [-0.25, -0.2) is 0 Å². The molecule has 0 atom stereocenters. The summed E-state index contributed by atoms with van der Waals surface area (Å²) >= 11 is 6.75. The van der Waals surface area contributed by atoms with E-state index in [4.69, 9.17) is 26.4 Å². The van der Waals surface area contributed by atoms with Crippen LogP contribution in [0.25, 0.3) is 6.08 Å². The van der Waals surface area contributed by atoms with Crippen LogP contribution in [0.1, 0.15) is 25.0 Å². The Labute approximate surface area is 180 Å². The average Bonchev–Trinajstić information content (AvgIpc) is 2.98. The van der Waals surface area contributed by atoms with Gasteiger partial charge >= 0.3 is 0 Å². The predicted molar refractivity (Wildman–Crippen MR) is 120 cm³/mol. The second-order valence-electron chi connectivity index (χ2n) is 6.18. The highest BCUT2D eigenvalue weighted by Gasteiger charge is 2.32. The second-order valence-corrected chi connectivity index (χ2v) is 7.86. The molecule has 2 aromatic rings. The lowest BCUT2D eigenvalue weighted by Crippen LogP contribution is -2.27. The van der Waals surface area contributed by atoms with Crippen LogP contribution in [0.15, 0.2) is 47.4 Å². The van der Waals surface area contributed by atoms with Crippen LogP contribution in [0, 0.1) is 0 Å². The first kappa shape index (κ1) is 21.2. The van der Waals surface area contributed by atoms with E-state index in [2.05, 4.69) is 0 Å². The Hall–Kier alpha value is -2.51. The highest BCUT2D eigenvalue weighted by molar-refractivity contribution is 8.26. The van der Waals surface area contributed by atoms with Gasteiger partial charge in [-0.05, 0) is 49.8 Å². The van der Waals surface area contributed by atoms with Gasteiger partial charge in [-0.15, -0.1) is 0 Å². The molecule has 0 bridgehead atoms. The minimum Gasteiger partial charge on any atom is -0.497 e. The molecule has 0 aliphatic carbocycles. The average molecular weight is 430 g/mol. The Balaban J connectivity index is 1.81. The Kier molecular flexibility index (Phi) is 7.17. The number of benzene rings is 2. The Morgan fingerprint density at radius 3 is 2.38 bits per heavy atom. The smallest absolute Gasteiger partial charge is 0.266 e. The third-order valence-corrected chi connectivity index (χ3v) is 5.63. The molecule has 2 aromatic carbocycles. The number of amides is 1. The molecule has 0 N–H and O–H groups in total. The van der Waals surface area contributed by atoms with Gasteiger partial charge in [0.15, 0.2) is 0 Å². The van der Waals surface area contributed by atoms with E-state index in [1.165, 1.54) is 11.8 Å². The van der Waals surface area contributed by atoms with Gasteiger partial charge < -0.3 is 14.2 Å². The summed E-state index contributed by atoms with van der Waals surface area (Å²) in [5, 5.41) is 0. The molecule has 1 aliphatic heterocycles. The minimum absolute atomic E-state index is 0.104. The van der Waals surface area contributed by atoms with Gasteiger partial charge in [-0.2, -0.15) is 0 Å². The summed E-state index contributed by atoms with van der Waals surface area (Å²) in [6.45, 7) is 5.38.